The Morgan fingerprint density at radius 2 is 1.79 bits per heavy atom. The summed E-state index contributed by atoms with van der Waals surface area (Å²) >= 11 is 0. The number of nitrogens with zero attached hydrogens (tertiary/aromatic N) is 3. The van der Waals surface area contributed by atoms with Crippen LogP contribution in [0.1, 0.15) is 11.1 Å². The van der Waals surface area contributed by atoms with Crippen LogP contribution in [0.2, 0.25) is 0 Å². The molecule has 19 heavy (non-hydrogen) atoms. The Bertz CT molecular complexity index is 571. The van der Waals surface area contributed by atoms with Crippen molar-refractivity contribution in [3.63, 3.8) is 0 Å². The number of benzene rings is 1. The predicted octanol–water partition coefficient (Wildman–Crippen LogP) is 2.33. The number of nitriles is 1. The maximum Gasteiger partial charge on any atom is 0.132 e. The van der Waals surface area contributed by atoms with Gasteiger partial charge in [-0.2, -0.15) is 5.26 Å². The lowest BCUT2D eigenvalue weighted by atomic mass is 10.1. The first-order chi connectivity index (χ1) is 9.28. The molecule has 0 radical (unpaired) electrons. The van der Waals surface area contributed by atoms with E-state index in [1.807, 2.05) is 6.07 Å². The van der Waals surface area contributed by atoms with Gasteiger partial charge in [-0.25, -0.2) is 9.97 Å². The summed E-state index contributed by atoms with van der Waals surface area (Å²) in [6.07, 6.45) is 1.47. The van der Waals surface area contributed by atoms with Crippen LogP contribution in [0.4, 0.5) is 11.6 Å². The SMILES string of the molecule is Cc1ccc(CNc2cc(NCC#N)ncn2)cc1. The van der Waals surface area contributed by atoms with Crippen molar-refractivity contribution in [2.75, 3.05) is 17.2 Å². The molecule has 0 saturated heterocycles. The topological polar surface area (TPSA) is 73.6 Å². The molecule has 96 valence electrons. The summed E-state index contributed by atoms with van der Waals surface area (Å²) in [4.78, 5) is 8.17. The molecule has 2 N–H and O–H groups in total. The second-order valence-electron chi connectivity index (χ2n) is 4.14. The first kappa shape index (κ1) is 12.8. The van der Waals surface area contributed by atoms with Gasteiger partial charge in [-0.1, -0.05) is 29.8 Å². The van der Waals surface area contributed by atoms with Crippen LogP contribution < -0.4 is 10.6 Å². The second kappa shape index (κ2) is 6.36. The smallest absolute Gasteiger partial charge is 0.132 e. The molecule has 0 amide bonds. The molecule has 0 aliphatic heterocycles. The molecule has 2 aromatic rings. The zero-order chi connectivity index (χ0) is 13.5. The molecule has 0 spiro atoms. The first-order valence-electron chi connectivity index (χ1n) is 6.00. The third kappa shape index (κ3) is 3.96. The summed E-state index contributed by atoms with van der Waals surface area (Å²) < 4.78 is 0. The van der Waals surface area contributed by atoms with Crippen molar-refractivity contribution in [1.82, 2.24) is 9.97 Å². The summed E-state index contributed by atoms with van der Waals surface area (Å²) in [5.41, 5.74) is 2.43. The average molecular weight is 253 g/mol. The van der Waals surface area contributed by atoms with Gasteiger partial charge in [0.1, 0.15) is 24.5 Å². The monoisotopic (exact) mass is 253 g/mol. The van der Waals surface area contributed by atoms with E-state index in [4.69, 9.17) is 5.26 Å². The van der Waals surface area contributed by atoms with Crippen LogP contribution in [0.3, 0.4) is 0 Å². The minimum absolute atomic E-state index is 0.231. The lowest BCUT2D eigenvalue weighted by Gasteiger charge is -2.07. The van der Waals surface area contributed by atoms with Gasteiger partial charge < -0.3 is 10.6 Å². The minimum atomic E-state index is 0.231. The van der Waals surface area contributed by atoms with Gasteiger partial charge >= 0.3 is 0 Å². The van der Waals surface area contributed by atoms with E-state index in [2.05, 4.69) is 51.8 Å². The summed E-state index contributed by atoms with van der Waals surface area (Å²) in [6.45, 7) is 3.00. The van der Waals surface area contributed by atoms with Gasteiger partial charge in [-0.05, 0) is 12.5 Å². The number of hydrogen-bond donors (Lipinski definition) is 2. The van der Waals surface area contributed by atoms with E-state index in [1.54, 1.807) is 6.07 Å². The van der Waals surface area contributed by atoms with E-state index in [-0.39, 0.29) is 6.54 Å². The van der Waals surface area contributed by atoms with Crippen LogP contribution in [0.5, 0.6) is 0 Å². The van der Waals surface area contributed by atoms with Crippen LogP contribution in [0.15, 0.2) is 36.7 Å². The highest BCUT2D eigenvalue weighted by Crippen LogP contribution is 2.10. The Morgan fingerprint density at radius 1 is 1.11 bits per heavy atom. The van der Waals surface area contributed by atoms with Gasteiger partial charge in [-0.3, -0.25) is 0 Å². The number of nitrogens with one attached hydrogen (secondary N) is 2. The van der Waals surface area contributed by atoms with E-state index < -0.39 is 0 Å². The highest BCUT2D eigenvalue weighted by Gasteiger charge is 1.98. The van der Waals surface area contributed by atoms with Crippen LogP contribution in [-0.2, 0) is 6.54 Å². The van der Waals surface area contributed by atoms with Gasteiger partial charge in [0.25, 0.3) is 0 Å². The summed E-state index contributed by atoms with van der Waals surface area (Å²) in [5, 5.41) is 14.6. The van der Waals surface area contributed by atoms with Gasteiger partial charge in [0.2, 0.25) is 0 Å². The van der Waals surface area contributed by atoms with Gasteiger partial charge in [-0.15, -0.1) is 0 Å². The van der Waals surface area contributed by atoms with Crippen LogP contribution in [0.25, 0.3) is 0 Å². The molecular weight excluding hydrogens is 238 g/mol. The van der Waals surface area contributed by atoms with Gasteiger partial charge in [0, 0.05) is 12.6 Å². The van der Waals surface area contributed by atoms with E-state index in [0.717, 1.165) is 5.82 Å². The van der Waals surface area contributed by atoms with E-state index in [0.29, 0.717) is 12.4 Å². The van der Waals surface area contributed by atoms with Gasteiger partial charge in [0.15, 0.2) is 0 Å². The molecule has 2 rings (SSSR count). The summed E-state index contributed by atoms with van der Waals surface area (Å²) in [7, 11) is 0. The van der Waals surface area contributed by atoms with Crippen molar-refractivity contribution < 1.29 is 0 Å². The predicted molar refractivity (Wildman–Crippen MR) is 74.6 cm³/mol. The molecule has 0 aliphatic carbocycles. The number of aryl methyl sites for hydroxylation is 1. The Morgan fingerprint density at radius 3 is 2.47 bits per heavy atom. The molecule has 0 bridgehead atoms. The standard InChI is InChI=1S/C14H15N5/c1-11-2-4-12(5-3-11)9-17-14-8-13(16-7-6-15)18-10-19-14/h2-5,8,10H,7,9H2,1H3,(H2,16,17,18,19). The Balaban J connectivity index is 1.95. The third-order valence-corrected chi connectivity index (χ3v) is 2.61. The Labute approximate surface area is 112 Å². The molecule has 0 fully saturated rings. The molecule has 0 unspecified atom stereocenters. The van der Waals surface area contributed by atoms with Crippen molar-refractivity contribution in [2.45, 2.75) is 13.5 Å². The van der Waals surface area contributed by atoms with Crippen molar-refractivity contribution >= 4 is 11.6 Å². The maximum absolute atomic E-state index is 8.50. The highest BCUT2D eigenvalue weighted by atomic mass is 15.1. The van der Waals surface area contributed by atoms with Crippen molar-refractivity contribution in [3.05, 3.63) is 47.8 Å². The van der Waals surface area contributed by atoms with E-state index in [1.165, 1.54) is 17.5 Å². The summed E-state index contributed by atoms with van der Waals surface area (Å²) in [5.74, 6) is 1.37. The van der Waals surface area contributed by atoms with Crippen LogP contribution in [0, 0.1) is 18.3 Å². The molecule has 5 heteroatoms. The Kier molecular flexibility index (Phi) is 4.29. The van der Waals surface area contributed by atoms with Crippen molar-refractivity contribution in [1.29, 1.82) is 5.26 Å². The number of anilines is 2. The lowest BCUT2D eigenvalue weighted by molar-refractivity contribution is 1.07. The fourth-order valence-corrected chi connectivity index (χ4v) is 1.58. The van der Waals surface area contributed by atoms with Crippen molar-refractivity contribution in [2.24, 2.45) is 0 Å². The molecule has 1 heterocycles. The van der Waals surface area contributed by atoms with Gasteiger partial charge in [0.05, 0.1) is 6.07 Å². The third-order valence-electron chi connectivity index (χ3n) is 2.61. The molecular formula is C14H15N5. The maximum atomic E-state index is 8.50. The fourth-order valence-electron chi connectivity index (χ4n) is 1.58. The normalized spacial score (nSPS) is 9.68. The average Bonchev–Trinajstić information content (AvgIpc) is 2.45. The molecule has 1 aromatic carbocycles. The van der Waals surface area contributed by atoms with Crippen LogP contribution in [-0.4, -0.2) is 16.5 Å². The second-order valence-corrected chi connectivity index (χ2v) is 4.14. The van der Waals surface area contributed by atoms with Crippen molar-refractivity contribution in [3.8, 4) is 6.07 Å². The number of hydrogen-bond acceptors (Lipinski definition) is 5. The van der Waals surface area contributed by atoms with Crippen LogP contribution >= 0.6 is 0 Å². The zero-order valence-corrected chi connectivity index (χ0v) is 10.7. The molecule has 5 nitrogen and oxygen atoms in total. The van der Waals surface area contributed by atoms with E-state index >= 15 is 0 Å². The summed E-state index contributed by atoms with van der Waals surface area (Å²) in [6, 6.07) is 12.1. The largest absolute Gasteiger partial charge is 0.366 e. The first-order valence-corrected chi connectivity index (χ1v) is 6.00. The number of aromatic nitrogens is 2. The molecule has 0 aliphatic rings. The zero-order valence-electron chi connectivity index (χ0n) is 10.7. The molecule has 1 aromatic heterocycles. The minimum Gasteiger partial charge on any atom is -0.366 e. The van der Waals surface area contributed by atoms with E-state index in [9.17, 15) is 0 Å². The molecule has 0 saturated carbocycles. The quantitative estimate of drug-likeness (QED) is 0.800. The Hall–Kier alpha value is -2.61. The fraction of sp³-hybridized carbons (Fsp3) is 0.214. The lowest BCUT2D eigenvalue weighted by Crippen LogP contribution is -2.05. The number of rotatable bonds is 5. The molecule has 0 atom stereocenters. The highest BCUT2D eigenvalue weighted by molar-refractivity contribution is 5.47.